The van der Waals surface area contributed by atoms with Crippen LogP contribution in [0.3, 0.4) is 0 Å². The van der Waals surface area contributed by atoms with Crippen LogP contribution in [0.2, 0.25) is 0 Å². The van der Waals surface area contributed by atoms with Gasteiger partial charge in [0.15, 0.2) is 5.54 Å². The molecule has 12 nitrogen and oxygen atoms in total. The molecule has 2 amide bonds. The molecule has 0 aliphatic carbocycles. The zero-order chi connectivity index (χ0) is 26.1. The molecule has 1 aromatic carbocycles. The van der Waals surface area contributed by atoms with E-state index < -0.39 is 45.7 Å². The van der Waals surface area contributed by atoms with E-state index in [1.54, 1.807) is 27.7 Å². The molecule has 0 aromatic heterocycles. The lowest BCUT2D eigenvalue weighted by Gasteiger charge is -2.33. The first-order valence-corrected chi connectivity index (χ1v) is 11.8. The number of nitrogens with zero attached hydrogens (tertiary/aromatic N) is 4. The molecule has 0 saturated carbocycles. The van der Waals surface area contributed by atoms with E-state index in [4.69, 9.17) is 9.47 Å². The minimum absolute atomic E-state index is 0.00995. The first kappa shape index (κ1) is 27.2. The van der Waals surface area contributed by atoms with E-state index >= 15 is 0 Å². The van der Waals surface area contributed by atoms with E-state index in [9.17, 15) is 28.0 Å². The summed E-state index contributed by atoms with van der Waals surface area (Å²) < 4.78 is 35.9. The van der Waals surface area contributed by atoms with Gasteiger partial charge in [0, 0.05) is 19.7 Å². The summed E-state index contributed by atoms with van der Waals surface area (Å²) in [5.74, 6) is -1.62. The largest absolute Gasteiger partial charge is 0.465 e. The van der Waals surface area contributed by atoms with Crippen molar-refractivity contribution in [2.45, 2.75) is 50.7 Å². The van der Waals surface area contributed by atoms with Gasteiger partial charge in [-0.25, -0.2) is 22.5 Å². The molecule has 0 fully saturated rings. The van der Waals surface area contributed by atoms with Crippen LogP contribution in [-0.2, 0) is 29.1 Å². The smallest absolute Gasteiger partial charge is 0.435 e. The number of benzene rings is 1. The lowest BCUT2D eigenvalue weighted by molar-refractivity contribution is -0.165. The summed E-state index contributed by atoms with van der Waals surface area (Å²) >= 11 is 0. The van der Waals surface area contributed by atoms with Crippen LogP contribution in [-0.4, -0.2) is 90.1 Å². The standard InChI is InChI=1S/C21H30N4O8S/c1-8-32-16(26)13-24-18(27)21(5,25(29)19(28)33-20(2,3)4)17(22-24)14-9-11-15(12-10-14)34(30,31)23(6)7/h9-12,29H,8,13H2,1-7H3. The third-order valence-electron chi connectivity index (χ3n) is 4.81. The van der Waals surface area contributed by atoms with Crippen molar-refractivity contribution in [3.05, 3.63) is 29.8 Å². The van der Waals surface area contributed by atoms with E-state index in [-0.39, 0.29) is 27.8 Å². The van der Waals surface area contributed by atoms with Gasteiger partial charge in [0.2, 0.25) is 10.0 Å². The van der Waals surface area contributed by atoms with Gasteiger partial charge in [-0.2, -0.15) is 10.2 Å². The molecule has 1 aliphatic rings. The first-order valence-electron chi connectivity index (χ1n) is 10.4. The van der Waals surface area contributed by atoms with Gasteiger partial charge >= 0.3 is 12.1 Å². The molecule has 1 aromatic rings. The van der Waals surface area contributed by atoms with Gasteiger partial charge in [0.1, 0.15) is 17.9 Å². The minimum Gasteiger partial charge on any atom is -0.465 e. The highest BCUT2D eigenvalue weighted by Gasteiger charge is 2.55. The molecular formula is C21H30N4O8S. The molecule has 0 bridgehead atoms. The number of rotatable bonds is 7. The Morgan fingerprint density at radius 1 is 1.18 bits per heavy atom. The number of sulfonamides is 1. The Morgan fingerprint density at radius 2 is 1.74 bits per heavy atom. The van der Waals surface area contributed by atoms with Gasteiger partial charge in [-0.1, -0.05) is 12.1 Å². The molecular weight excluding hydrogens is 468 g/mol. The second kappa shape index (κ2) is 9.68. The maximum atomic E-state index is 13.3. The molecule has 188 valence electrons. The fourth-order valence-corrected chi connectivity index (χ4v) is 3.97. The Bertz CT molecular complexity index is 1090. The predicted octanol–water partition coefficient (Wildman–Crippen LogP) is 1.43. The fourth-order valence-electron chi connectivity index (χ4n) is 3.07. The van der Waals surface area contributed by atoms with E-state index in [2.05, 4.69) is 5.10 Å². The van der Waals surface area contributed by atoms with Crippen LogP contribution in [0.5, 0.6) is 0 Å². The van der Waals surface area contributed by atoms with Crippen LogP contribution < -0.4 is 0 Å². The Balaban J connectivity index is 2.55. The average Bonchev–Trinajstić information content (AvgIpc) is 2.98. The van der Waals surface area contributed by atoms with Gasteiger partial charge < -0.3 is 9.47 Å². The zero-order valence-corrected chi connectivity index (χ0v) is 21.0. The van der Waals surface area contributed by atoms with Crippen LogP contribution >= 0.6 is 0 Å². The summed E-state index contributed by atoms with van der Waals surface area (Å²) in [6.07, 6.45) is -1.21. The topological polar surface area (TPSA) is 146 Å². The molecule has 1 heterocycles. The van der Waals surface area contributed by atoms with Gasteiger partial charge in [-0.15, -0.1) is 0 Å². The van der Waals surface area contributed by atoms with Crippen LogP contribution in [0.25, 0.3) is 0 Å². The summed E-state index contributed by atoms with van der Waals surface area (Å²) in [4.78, 5) is 37.9. The molecule has 1 atom stereocenters. The number of carbonyl (C=O) groups excluding carboxylic acids is 3. The van der Waals surface area contributed by atoms with Crippen molar-refractivity contribution in [2.75, 3.05) is 27.2 Å². The second-order valence-electron chi connectivity index (χ2n) is 8.79. The third kappa shape index (κ3) is 5.37. The van der Waals surface area contributed by atoms with Crippen LogP contribution in [0.4, 0.5) is 4.79 Å². The van der Waals surface area contributed by atoms with Crippen molar-refractivity contribution in [1.29, 1.82) is 0 Å². The van der Waals surface area contributed by atoms with Crippen molar-refractivity contribution in [3.8, 4) is 0 Å². The third-order valence-corrected chi connectivity index (χ3v) is 6.64. The molecule has 0 radical (unpaired) electrons. The van der Waals surface area contributed by atoms with Crippen molar-refractivity contribution in [1.82, 2.24) is 14.4 Å². The number of carbonyl (C=O) groups is 3. The van der Waals surface area contributed by atoms with Crippen molar-refractivity contribution < 1.29 is 37.5 Å². The quantitative estimate of drug-likeness (QED) is 0.337. The molecule has 1 aliphatic heterocycles. The summed E-state index contributed by atoms with van der Waals surface area (Å²) in [5.41, 5.74) is -2.90. The summed E-state index contributed by atoms with van der Waals surface area (Å²) in [6, 6.07) is 5.39. The molecule has 1 N–H and O–H groups in total. The van der Waals surface area contributed by atoms with E-state index in [0.29, 0.717) is 0 Å². The normalized spacial score (nSPS) is 18.7. The molecule has 13 heteroatoms. The number of esters is 1. The Hall–Kier alpha value is -3.03. The van der Waals surface area contributed by atoms with Crippen LogP contribution in [0.15, 0.2) is 34.3 Å². The van der Waals surface area contributed by atoms with Crippen molar-refractivity contribution in [3.63, 3.8) is 0 Å². The average molecular weight is 499 g/mol. The summed E-state index contributed by atoms with van der Waals surface area (Å²) in [7, 11) is -0.945. The molecule has 2 rings (SSSR count). The van der Waals surface area contributed by atoms with Gasteiger partial charge in [0.25, 0.3) is 5.91 Å². The predicted molar refractivity (Wildman–Crippen MR) is 120 cm³/mol. The van der Waals surface area contributed by atoms with E-state index in [1.165, 1.54) is 45.3 Å². The number of amides is 2. The monoisotopic (exact) mass is 498 g/mol. The molecule has 1 unspecified atom stereocenters. The van der Waals surface area contributed by atoms with E-state index in [1.807, 2.05) is 0 Å². The zero-order valence-electron chi connectivity index (χ0n) is 20.2. The lowest BCUT2D eigenvalue weighted by atomic mass is 9.90. The van der Waals surface area contributed by atoms with Gasteiger partial charge in [-0.3, -0.25) is 14.8 Å². The number of hydrazone groups is 1. The van der Waals surface area contributed by atoms with Crippen LogP contribution in [0.1, 0.15) is 40.2 Å². The Labute approximate surface area is 198 Å². The molecule has 0 spiro atoms. The summed E-state index contributed by atoms with van der Waals surface area (Å²) in [6.45, 7) is 7.13. The molecule has 0 saturated heterocycles. The highest BCUT2D eigenvalue weighted by Crippen LogP contribution is 2.31. The molecule has 34 heavy (non-hydrogen) atoms. The van der Waals surface area contributed by atoms with Gasteiger partial charge in [-0.05, 0) is 46.8 Å². The van der Waals surface area contributed by atoms with Gasteiger partial charge in [0.05, 0.1) is 11.5 Å². The summed E-state index contributed by atoms with van der Waals surface area (Å²) in [5, 5.41) is 15.8. The SMILES string of the molecule is CCOC(=O)CN1N=C(c2ccc(S(=O)(=O)N(C)C)cc2)C(C)(N(O)C(=O)OC(C)(C)C)C1=O. The second-order valence-corrected chi connectivity index (χ2v) is 10.9. The number of hydrogen-bond donors (Lipinski definition) is 1. The van der Waals surface area contributed by atoms with E-state index in [0.717, 1.165) is 9.31 Å². The Morgan fingerprint density at radius 3 is 2.21 bits per heavy atom. The number of ether oxygens (including phenoxy) is 2. The maximum absolute atomic E-state index is 13.3. The fraction of sp³-hybridized carbons (Fsp3) is 0.524. The first-order chi connectivity index (χ1) is 15.6. The van der Waals surface area contributed by atoms with Crippen molar-refractivity contribution in [2.24, 2.45) is 5.10 Å². The van der Waals surface area contributed by atoms with Crippen molar-refractivity contribution >= 4 is 33.7 Å². The minimum atomic E-state index is -3.72. The highest BCUT2D eigenvalue weighted by molar-refractivity contribution is 7.89. The maximum Gasteiger partial charge on any atom is 0.435 e. The lowest BCUT2D eigenvalue weighted by Crippen LogP contribution is -2.59. The van der Waals surface area contributed by atoms with Crippen LogP contribution in [0, 0.1) is 0 Å². The number of hydrogen-bond acceptors (Lipinski definition) is 9. The Kier molecular flexibility index (Phi) is 7.75. The number of hydroxylamine groups is 2. The highest BCUT2D eigenvalue weighted by atomic mass is 32.2.